The van der Waals surface area contributed by atoms with Gasteiger partial charge < -0.3 is 9.15 Å². The standard InChI is InChI=1S/C20H17N5O4/c1-3-28-15-8-6-14(7-9-15)25-20(27)17(11-21)13(2)18(24-25)19(26)23-22-12-16-5-4-10-29-16/h4-10,12H,3H2,1-2H3,(H,23,26)/b22-12-. The van der Waals surface area contributed by atoms with E-state index >= 15 is 0 Å². The summed E-state index contributed by atoms with van der Waals surface area (Å²) >= 11 is 0. The van der Waals surface area contributed by atoms with Crippen LogP contribution in [-0.2, 0) is 0 Å². The largest absolute Gasteiger partial charge is 0.494 e. The quantitative estimate of drug-likeness (QED) is 0.507. The number of hydrogen-bond donors (Lipinski definition) is 1. The van der Waals surface area contributed by atoms with Crippen molar-refractivity contribution in [2.24, 2.45) is 5.10 Å². The van der Waals surface area contributed by atoms with Crippen molar-refractivity contribution < 1.29 is 13.9 Å². The minimum absolute atomic E-state index is 0.0911. The highest BCUT2D eigenvalue weighted by molar-refractivity contribution is 5.94. The van der Waals surface area contributed by atoms with Crippen LogP contribution >= 0.6 is 0 Å². The van der Waals surface area contributed by atoms with Gasteiger partial charge in [0.1, 0.15) is 23.1 Å². The van der Waals surface area contributed by atoms with Crippen LogP contribution in [0.5, 0.6) is 5.75 Å². The summed E-state index contributed by atoms with van der Waals surface area (Å²) in [5.41, 5.74) is 2.00. The summed E-state index contributed by atoms with van der Waals surface area (Å²) in [6.45, 7) is 3.85. The Balaban J connectivity index is 1.97. The minimum atomic E-state index is -0.665. The van der Waals surface area contributed by atoms with E-state index in [0.29, 0.717) is 23.8 Å². The van der Waals surface area contributed by atoms with E-state index in [0.717, 1.165) is 4.68 Å². The van der Waals surface area contributed by atoms with E-state index < -0.39 is 11.5 Å². The molecule has 0 radical (unpaired) electrons. The Bertz CT molecular complexity index is 1140. The molecule has 0 aliphatic rings. The van der Waals surface area contributed by atoms with E-state index in [-0.39, 0.29) is 16.8 Å². The Morgan fingerprint density at radius 3 is 2.76 bits per heavy atom. The number of aromatic nitrogens is 2. The molecule has 1 aromatic carbocycles. The van der Waals surface area contributed by atoms with Crippen LogP contribution in [-0.4, -0.2) is 28.5 Å². The maximum Gasteiger partial charge on any atom is 0.292 e. The summed E-state index contributed by atoms with van der Waals surface area (Å²) < 4.78 is 11.5. The predicted octanol–water partition coefficient (Wildman–Crippen LogP) is 2.17. The lowest BCUT2D eigenvalue weighted by atomic mass is 10.1. The van der Waals surface area contributed by atoms with Gasteiger partial charge >= 0.3 is 0 Å². The average molecular weight is 391 g/mol. The second-order valence-corrected chi connectivity index (χ2v) is 5.82. The molecule has 29 heavy (non-hydrogen) atoms. The van der Waals surface area contributed by atoms with E-state index in [4.69, 9.17) is 9.15 Å². The summed E-state index contributed by atoms with van der Waals surface area (Å²) in [6.07, 6.45) is 2.79. The van der Waals surface area contributed by atoms with E-state index in [1.54, 1.807) is 36.4 Å². The van der Waals surface area contributed by atoms with Crippen LogP contribution in [0.15, 0.2) is 57.0 Å². The van der Waals surface area contributed by atoms with Crippen LogP contribution < -0.4 is 15.7 Å². The third-order valence-electron chi connectivity index (χ3n) is 3.96. The van der Waals surface area contributed by atoms with Gasteiger partial charge in [0.05, 0.1) is 24.8 Å². The van der Waals surface area contributed by atoms with Crippen LogP contribution in [0.2, 0.25) is 0 Å². The molecule has 2 heterocycles. The van der Waals surface area contributed by atoms with Crippen LogP contribution in [0.4, 0.5) is 0 Å². The van der Waals surface area contributed by atoms with E-state index in [2.05, 4.69) is 15.6 Å². The van der Waals surface area contributed by atoms with Gasteiger partial charge in [0, 0.05) is 5.56 Å². The number of amides is 1. The number of furan rings is 1. The molecule has 0 spiro atoms. The summed E-state index contributed by atoms with van der Waals surface area (Å²) in [4.78, 5) is 25.2. The molecule has 2 aromatic heterocycles. The molecule has 0 bridgehead atoms. The topological polar surface area (TPSA) is 123 Å². The molecule has 1 N–H and O–H groups in total. The van der Waals surface area contributed by atoms with Crippen molar-refractivity contribution in [2.45, 2.75) is 13.8 Å². The smallest absolute Gasteiger partial charge is 0.292 e. The van der Waals surface area contributed by atoms with Gasteiger partial charge in [-0.3, -0.25) is 9.59 Å². The molecule has 9 nitrogen and oxygen atoms in total. The SMILES string of the molecule is CCOc1ccc(-n2nc(C(=O)N/N=C\c3ccco3)c(C)c(C#N)c2=O)cc1. The fraction of sp³-hybridized carbons (Fsp3) is 0.150. The predicted molar refractivity (Wildman–Crippen MR) is 104 cm³/mol. The molecule has 146 valence electrons. The lowest BCUT2D eigenvalue weighted by Crippen LogP contribution is -2.31. The number of nitrogens with zero attached hydrogens (tertiary/aromatic N) is 4. The number of hydrazone groups is 1. The molecule has 0 saturated heterocycles. The summed E-state index contributed by atoms with van der Waals surface area (Å²) in [5, 5.41) is 17.4. The molecule has 0 fully saturated rings. The van der Waals surface area contributed by atoms with Crippen molar-refractivity contribution in [3.63, 3.8) is 0 Å². The molecule has 0 atom stereocenters. The van der Waals surface area contributed by atoms with Gasteiger partial charge in [-0.1, -0.05) is 0 Å². The Kier molecular flexibility index (Phi) is 5.85. The zero-order valence-electron chi connectivity index (χ0n) is 15.7. The average Bonchev–Trinajstić information content (AvgIpc) is 3.23. The Morgan fingerprint density at radius 2 is 2.14 bits per heavy atom. The van der Waals surface area contributed by atoms with Gasteiger partial charge in [0.25, 0.3) is 11.5 Å². The molecule has 0 aliphatic carbocycles. The monoisotopic (exact) mass is 391 g/mol. The van der Waals surface area contributed by atoms with E-state index in [9.17, 15) is 14.9 Å². The van der Waals surface area contributed by atoms with Crippen molar-refractivity contribution in [3.8, 4) is 17.5 Å². The summed E-state index contributed by atoms with van der Waals surface area (Å²) in [6, 6.07) is 11.8. The molecule has 3 rings (SSSR count). The first-order chi connectivity index (χ1) is 14.0. The van der Waals surface area contributed by atoms with Gasteiger partial charge in [0.15, 0.2) is 5.69 Å². The molecular formula is C20H17N5O4. The van der Waals surface area contributed by atoms with Crippen LogP contribution in [0.1, 0.15) is 34.3 Å². The number of nitriles is 1. The van der Waals surface area contributed by atoms with Crippen molar-refractivity contribution >= 4 is 12.1 Å². The zero-order chi connectivity index (χ0) is 20.8. The van der Waals surface area contributed by atoms with Gasteiger partial charge in [0.2, 0.25) is 0 Å². The van der Waals surface area contributed by atoms with E-state index in [1.807, 2.05) is 13.0 Å². The highest BCUT2D eigenvalue weighted by Crippen LogP contribution is 2.15. The normalized spacial score (nSPS) is 10.7. The Labute approximate surface area is 165 Å². The van der Waals surface area contributed by atoms with Crippen molar-refractivity contribution in [1.82, 2.24) is 15.2 Å². The van der Waals surface area contributed by atoms with Crippen LogP contribution in [0.25, 0.3) is 5.69 Å². The van der Waals surface area contributed by atoms with Gasteiger partial charge in [-0.2, -0.15) is 20.1 Å². The number of benzene rings is 1. The van der Waals surface area contributed by atoms with Crippen molar-refractivity contribution in [3.05, 3.63) is 75.6 Å². The molecular weight excluding hydrogens is 374 g/mol. The molecule has 9 heteroatoms. The minimum Gasteiger partial charge on any atom is -0.494 e. The molecule has 3 aromatic rings. The van der Waals surface area contributed by atoms with E-state index in [1.165, 1.54) is 19.4 Å². The lowest BCUT2D eigenvalue weighted by Gasteiger charge is -2.11. The maximum atomic E-state index is 12.6. The number of carbonyl (C=O) groups excluding carboxylic acids is 1. The third-order valence-corrected chi connectivity index (χ3v) is 3.96. The molecule has 0 unspecified atom stereocenters. The Hall–Kier alpha value is -4.19. The first kappa shape index (κ1) is 19.6. The second kappa shape index (κ2) is 8.67. The number of ether oxygens (including phenoxy) is 1. The van der Waals surface area contributed by atoms with Gasteiger partial charge in [-0.15, -0.1) is 0 Å². The number of carbonyl (C=O) groups is 1. The first-order valence-corrected chi connectivity index (χ1v) is 8.69. The lowest BCUT2D eigenvalue weighted by molar-refractivity contribution is 0.0947. The highest BCUT2D eigenvalue weighted by Gasteiger charge is 2.20. The van der Waals surface area contributed by atoms with Crippen LogP contribution in [0.3, 0.4) is 0 Å². The summed E-state index contributed by atoms with van der Waals surface area (Å²) in [7, 11) is 0. The van der Waals surface area contributed by atoms with Crippen molar-refractivity contribution in [2.75, 3.05) is 6.61 Å². The van der Waals surface area contributed by atoms with Gasteiger partial charge in [-0.05, 0) is 50.2 Å². The fourth-order valence-corrected chi connectivity index (χ4v) is 2.55. The van der Waals surface area contributed by atoms with Crippen molar-refractivity contribution in [1.29, 1.82) is 5.26 Å². The Morgan fingerprint density at radius 1 is 1.38 bits per heavy atom. The molecule has 0 saturated carbocycles. The highest BCUT2D eigenvalue weighted by atomic mass is 16.5. The van der Waals surface area contributed by atoms with Crippen LogP contribution in [0, 0.1) is 18.3 Å². The first-order valence-electron chi connectivity index (χ1n) is 8.69. The maximum absolute atomic E-state index is 12.6. The zero-order valence-corrected chi connectivity index (χ0v) is 15.7. The summed E-state index contributed by atoms with van der Waals surface area (Å²) in [5.74, 6) is 0.413. The number of rotatable bonds is 6. The van der Waals surface area contributed by atoms with Gasteiger partial charge in [-0.25, -0.2) is 5.43 Å². The fourth-order valence-electron chi connectivity index (χ4n) is 2.55. The number of nitrogens with one attached hydrogen (secondary N) is 1. The molecule has 1 amide bonds. The molecule has 0 aliphatic heterocycles. The number of hydrogen-bond acceptors (Lipinski definition) is 7. The third kappa shape index (κ3) is 4.22. The second-order valence-electron chi connectivity index (χ2n) is 5.82.